The fraction of sp³-hybridized carbons (Fsp3) is 0.400. The fourth-order valence-corrected chi connectivity index (χ4v) is 7.72. The average molecular weight is 681 g/mol. The van der Waals surface area contributed by atoms with Crippen molar-refractivity contribution in [1.82, 2.24) is 9.55 Å². The molecule has 1 amide bonds. The summed E-state index contributed by atoms with van der Waals surface area (Å²) in [7, 11) is 0. The number of rotatable bonds is 15. The standard InChI is InChI=1S/C40H48N4O4S/c1-3-5-21-47-22-23-48-37-14-10-30(11-15-37)33-24-31-8-6-19-43-20-7-9-32(25-34(26-33)39(31)43)40(45)42-35-12-16-38(17-13-35)49(46)28-36-27-41-29-44(36)18-4-2/h10-17,24-27,29H,3-9,18-23,28H2,1-2H3,(H,42,45)/b32-25+. The van der Waals surface area contributed by atoms with E-state index < -0.39 is 11.2 Å². The number of imidazole rings is 1. The first-order valence-corrected chi connectivity index (χ1v) is 19.1. The number of nitrogens with zero attached hydrogens (tertiary/aromatic N) is 3. The minimum absolute atomic E-state index is 0.0964. The molecule has 8 nitrogen and oxygen atoms in total. The van der Waals surface area contributed by atoms with Gasteiger partial charge in [-0.2, -0.15) is 0 Å². The number of carbonyl (C=O) groups excluding carboxylic acids is 1. The van der Waals surface area contributed by atoms with Gasteiger partial charge in [0.15, 0.2) is 10.6 Å². The minimum atomic E-state index is -1.21. The third kappa shape index (κ3) is 8.95. The molecular formula is C40H48N4O4S. The summed E-state index contributed by atoms with van der Waals surface area (Å²) in [6, 6.07) is 20.2. The molecule has 9 heteroatoms. The van der Waals surface area contributed by atoms with E-state index in [-0.39, 0.29) is 5.91 Å². The molecule has 2 aliphatic rings. The molecule has 0 radical (unpaired) electrons. The van der Waals surface area contributed by atoms with Gasteiger partial charge < -0.3 is 28.8 Å². The predicted molar refractivity (Wildman–Crippen MR) is 199 cm³/mol. The van der Waals surface area contributed by atoms with E-state index in [1.165, 1.54) is 11.3 Å². The zero-order valence-electron chi connectivity index (χ0n) is 28.8. The van der Waals surface area contributed by atoms with Gasteiger partial charge in [0.1, 0.15) is 12.4 Å². The molecule has 1 N–H and O–H groups in total. The largest absolute Gasteiger partial charge is 0.611 e. The van der Waals surface area contributed by atoms with E-state index in [0.29, 0.717) is 31.1 Å². The number of nitrogens with one attached hydrogen (secondary N) is 1. The molecule has 0 spiro atoms. The Kier molecular flexibility index (Phi) is 12.1. The smallest absolute Gasteiger partial charge is 0.251 e. The van der Waals surface area contributed by atoms with Crippen LogP contribution in [0.1, 0.15) is 69.2 Å². The van der Waals surface area contributed by atoms with Gasteiger partial charge in [-0.25, -0.2) is 4.98 Å². The van der Waals surface area contributed by atoms with Crippen LogP contribution >= 0.6 is 0 Å². The minimum Gasteiger partial charge on any atom is -0.611 e. The second kappa shape index (κ2) is 17.1. The van der Waals surface area contributed by atoms with Crippen molar-refractivity contribution in [2.24, 2.45) is 0 Å². The van der Waals surface area contributed by atoms with Crippen molar-refractivity contribution in [3.05, 3.63) is 95.6 Å². The highest BCUT2D eigenvalue weighted by atomic mass is 32.2. The zero-order chi connectivity index (χ0) is 34.0. The SMILES string of the molecule is CCCCOCCOc1ccc(-c2cc3c4c(c2)CCCN4CCC/C(C(=O)Nc2ccc([S+]([O-])Cc4cncn4CCC)cc2)=C\3)cc1. The third-order valence-electron chi connectivity index (χ3n) is 9.15. The molecule has 1 aromatic heterocycles. The van der Waals surface area contributed by atoms with Gasteiger partial charge in [-0.1, -0.05) is 32.4 Å². The van der Waals surface area contributed by atoms with E-state index in [2.05, 4.69) is 64.0 Å². The number of hydrogen-bond donors (Lipinski definition) is 1. The predicted octanol–water partition coefficient (Wildman–Crippen LogP) is 8.03. The van der Waals surface area contributed by atoms with Crippen molar-refractivity contribution >= 4 is 34.5 Å². The topological polar surface area (TPSA) is 91.7 Å². The average Bonchev–Trinajstić information content (AvgIpc) is 3.54. The normalized spacial score (nSPS) is 15.8. The van der Waals surface area contributed by atoms with Gasteiger partial charge in [0.25, 0.3) is 5.91 Å². The van der Waals surface area contributed by atoms with Crippen LogP contribution < -0.4 is 15.0 Å². The first kappa shape index (κ1) is 34.8. The Morgan fingerprint density at radius 3 is 2.51 bits per heavy atom. The first-order chi connectivity index (χ1) is 24.0. The highest BCUT2D eigenvalue weighted by Gasteiger charge is 2.24. The molecule has 0 fully saturated rings. The van der Waals surface area contributed by atoms with Crippen molar-refractivity contribution in [2.75, 3.05) is 43.1 Å². The number of anilines is 2. The van der Waals surface area contributed by atoms with Crippen molar-refractivity contribution in [3.8, 4) is 16.9 Å². The molecule has 258 valence electrons. The van der Waals surface area contributed by atoms with E-state index in [4.69, 9.17) is 9.47 Å². The Labute approximate surface area is 293 Å². The zero-order valence-corrected chi connectivity index (χ0v) is 29.6. The second-order valence-corrected chi connectivity index (χ2v) is 14.3. The summed E-state index contributed by atoms with van der Waals surface area (Å²) in [5, 5.41) is 3.11. The molecule has 3 heterocycles. The summed E-state index contributed by atoms with van der Waals surface area (Å²) in [5.41, 5.74) is 8.37. The lowest BCUT2D eigenvalue weighted by molar-refractivity contribution is -0.112. The lowest BCUT2D eigenvalue weighted by Crippen LogP contribution is -2.32. The van der Waals surface area contributed by atoms with Gasteiger partial charge in [-0.05, 0) is 127 Å². The number of carbonyl (C=O) groups is 1. The maximum absolute atomic E-state index is 13.7. The van der Waals surface area contributed by atoms with Crippen molar-refractivity contribution in [1.29, 1.82) is 0 Å². The number of aryl methyl sites for hydroxylation is 2. The summed E-state index contributed by atoms with van der Waals surface area (Å²) in [5.74, 6) is 1.14. The summed E-state index contributed by atoms with van der Waals surface area (Å²) in [6.45, 7) is 9.00. The van der Waals surface area contributed by atoms with Gasteiger partial charge in [-0.15, -0.1) is 0 Å². The number of hydrogen-bond acceptors (Lipinski definition) is 6. The summed E-state index contributed by atoms with van der Waals surface area (Å²) >= 11 is -1.21. The first-order valence-electron chi connectivity index (χ1n) is 17.7. The number of aromatic nitrogens is 2. The van der Waals surface area contributed by atoms with E-state index in [1.54, 1.807) is 12.5 Å². The molecule has 1 unspecified atom stereocenters. The van der Waals surface area contributed by atoms with Crippen LogP contribution in [0.5, 0.6) is 5.75 Å². The molecule has 0 saturated carbocycles. The van der Waals surface area contributed by atoms with Crippen LogP contribution in [0.25, 0.3) is 17.2 Å². The summed E-state index contributed by atoms with van der Waals surface area (Å²) < 4.78 is 26.7. The van der Waals surface area contributed by atoms with E-state index in [1.807, 2.05) is 36.4 Å². The second-order valence-electron chi connectivity index (χ2n) is 12.8. The molecule has 0 bridgehead atoms. The summed E-state index contributed by atoms with van der Waals surface area (Å²) in [6.07, 6.45) is 12.6. The Bertz CT molecular complexity index is 1720. The molecule has 4 aromatic rings. The monoisotopic (exact) mass is 680 g/mol. The van der Waals surface area contributed by atoms with E-state index >= 15 is 0 Å². The highest BCUT2D eigenvalue weighted by Crippen LogP contribution is 2.39. The number of amides is 1. The molecule has 1 atom stereocenters. The Morgan fingerprint density at radius 2 is 1.73 bits per heavy atom. The number of unbranched alkanes of at least 4 members (excludes halogenated alkanes) is 1. The molecule has 0 aliphatic carbocycles. The van der Waals surface area contributed by atoms with Crippen molar-refractivity contribution in [2.45, 2.75) is 76.0 Å². The van der Waals surface area contributed by atoms with E-state index in [0.717, 1.165) is 103 Å². The quantitative estimate of drug-likeness (QED) is 0.101. The van der Waals surface area contributed by atoms with Crippen LogP contribution in [0.3, 0.4) is 0 Å². The van der Waals surface area contributed by atoms with Crippen LogP contribution in [0.4, 0.5) is 11.4 Å². The molecular weight excluding hydrogens is 633 g/mol. The molecule has 0 saturated heterocycles. The lowest BCUT2D eigenvalue weighted by atomic mass is 9.89. The van der Waals surface area contributed by atoms with Crippen LogP contribution in [-0.4, -0.2) is 52.9 Å². The lowest BCUT2D eigenvalue weighted by Gasteiger charge is -2.35. The van der Waals surface area contributed by atoms with Gasteiger partial charge in [0.2, 0.25) is 0 Å². The van der Waals surface area contributed by atoms with Crippen LogP contribution in [0, 0.1) is 0 Å². The maximum atomic E-state index is 13.7. The van der Waals surface area contributed by atoms with Crippen LogP contribution in [0.15, 0.2) is 83.7 Å². The molecule has 6 rings (SSSR count). The summed E-state index contributed by atoms with van der Waals surface area (Å²) in [4.78, 5) is 21.1. The maximum Gasteiger partial charge on any atom is 0.251 e. The Balaban J connectivity index is 1.16. The molecule has 3 aromatic carbocycles. The van der Waals surface area contributed by atoms with E-state index in [9.17, 15) is 9.35 Å². The Morgan fingerprint density at radius 1 is 0.939 bits per heavy atom. The molecule has 2 aliphatic heterocycles. The third-order valence-corrected chi connectivity index (χ3v) is 10.5. The van der Waals surface area contributed by atoms with Crippen molar-refractivity contribution in [3.63, 3.8) is 0 Å². The number of ether oxygens (including phenoxy) is 2. The van der Waals surface area contributed by atoms with Crippen LogP contribution in [-0.2, 0) is 39.4 Å². The fourth-order valence-electron chi connectivity index (χ4n) is 6.61. The van der Waals surface area contributed by atoms with Crippen LogP contribution in [0.2, 0.25) is 0 Å². The van der Waals surface area contributed by atoms with Gasteiger partial charge in [-0.3, -0.25) is 4.79 Å². The number of benzene rings is 3. The van der Waals surface area contributed by atoms with Crippen molar-refractivity contribution < 1.29 is 18.8 Å². The molecule has 49 heavy (non-hydrogen) atoms. The van der Waals surface area contributed by atoms with Gasteiger partial charge >= 0.3 is 0 Å². The highest BCUT2D eigenvalue weighted by molar-refractivity contribution is 7.90. The van der Waals surface area contributed by atoms with Gasteiger partial charge in [0.05, 0.1) is 24.8 Å². The van der Waals surface area contributed by atoms with Gasteiger partial charge in [0, 0.05) is 43.2 Å². The Hall–Kier alpha value is -4.05.